The van der Waals surface area contributed by atoms with Gasteiger partial charge in [0.25, 0.3) is 0 Å². The molecule has 0 aliphatic carbocycles. The van der Waals surface area contributed by atoms with Crippen molar-refractivity contribution in [2.75, 3.05) is 32.7 Å². The predicted molar refractivity (Wildman–Crippen MR) is 118 cm³/mol. The van der Waals surface area contributed by atoms with E-state index in [9.17, 15) is 14.4 Å². The van der Waals surface area contributed by atoms with Gasteiger partial charge in [0, 0.05) is 58.4 Å². The zero-order valence-electron chi connectivity index (χ0n) is 18.2. The van der Waals surface area contributed by atoms with Gasteiger partial charge >= 0.3 is 0 Å². The summed E-state index contributed by atoms with van der Waals surface area (Å²) in [6.07, 6.45) is 3.57. The van der Waals surface area contributed by atoms with E-state index in [0.717, 1.165) is 45.6 Å². The van der Waals surface area contributed by atoms with Crippen molar-refractivity contribution in [3.05, 3.63) is 22.4 Å². The number of piperidine rings is 1. The van der Waals surface area contributed by atoms with Gasteiger partial charge in [-0.05, 0) is 44.1 Å². The van der Waals surface area contributed by atoms with Gasteiger partial charge in [-0.2, -0.15) is 0 Å². The van der Waals surface area contributed by atoms with Gasteiger partial charge in [-0.25, -0.2) is 0 Å². The lowest BCUT2D eigenvalue weighted by Crippen LogP contribution is -2.48. The van der Waals surface area contributed by atoms with Crippen LogP contribution >= 0.6 is 11.3 Å². The lowest BCUT2D eigenvalue weighted by atomic mass is 9.95. The molecule has 30 heavy (non-hydrogen) atoms. The molecule has 0 N–H and O–H groups in total. The molecule has 166 valence electrons. The van der Waals surface area contributed by atoms with Crippen molar-refractivity contribution < 1.29 is 19.1 Å². The molecule has 3 rings (SSSR count). The third-order valence-corrected chi connectivity index (χ3v) is 6.93. The molecule has 0 spiro atoms. The monoisotopic (exact) mass is 434 g/mol. The van der Waals surface area contributed by atoms with Crippen LogP contribution in [0.15, 0.2) is 17.5 Å². The van der Waals surface area contributed by atoms with Crippen LogP contribution in [-0.2, 0) is 14.3 Å². The molecule has 2 fully saturated rings. The summed E-state index contributed by atoms with van der Waals surface area (Å²) in [6.45, 7) is 8.87. The van der Waals surface area contributed by atoms with Gasteiger partial charge in [-0.1, -0.05) is 6.07 Å². The number of Topliss-reactive ketones (excluding diaryl/α,β-unsaturated/α-hetero) is 2. The Morgan fingerprint density at radius 2 is 1.70 bits per heavy atom. The van der Waals surface area contributed by atoms with Crippen LogP contribution in [-0.4, -0.2) is 72.2 Å². The van der Waals surface area contributed by atoms with E-state index in [4.69, 9.17) is 4.74 Å². The molecule has 7 heteroatoms. The zero-order valence-corrected chi connectivity index (χ0v) is 19.0. The van der Waals surface area contributed by atoms with Crippen LogP contribution in [0.1, 0.15) is 62.0 Å². The molecule has 0 aromatic carbocycles. The number of likely N-dealkylation sites (tertiary alicyclic amines) is 1. The van der Waals surface area contributed by atoms with Crippen LogP contribution in [0.3, 0.4) is 0 Å². The van der Waals surface area contributed by atoms with Crippen LogP contribution in [0.25, 0.3) is 0 Å². The summed E-state index contributed by atoms with van der Waals surface area (Å²) in [7, 11) is 0. The van der Waals surface area contributed by atoms with E-state index >= 15 is 0 Å². The predicted octanol–water partition coefficient (Wildman–Crippen LogP) is 3.41. The van der Waals surface area contributed by atoms with E-state index in [2.05, 4.69) is 18.7 Å². The second-order valence-electron chi connectivity index (χ2n) is 8.74. The Bertz CT molecular complexity index is 703. The van der Waals surface area contributed by atoms with Gasteiger partial charge in [0.05, 0.1) is 17.1 Å². The van der Waals surface area contributed by atoms with Crippen LogP contribution in [0, 0.1) is 5.92 Å². The molecule has 2 saturated heterocycles. The van der Waals surface area contributed by atoms with Crippen LogP contribution in [0.2, 0.25) is 0 Å². The lowest BCUT2D eigenvalue weighted by molar-refractivity contribution is -0.134. The highest BCUT2D eigenvalue weighted by molar-refractivity contribution is 7.12. The Morgan fingerprint density at radius 3 is 2.33 bits per heavy atom. The van der Waals surface area contributed by atoms with Gasteiger partial charge in [0.15, 0.2) is 5.78 Å². The first kappa shape index (κ1) is 23.1. The van der Waals surface area contributed by atoms with Crippen molar-refractivity contribution >= 4 is 28.8 Å². The van der Waals surface area contributed by atoms with Crippen molar-refractivity contribution in [3.63, 3.8) is 0 Å². The molecule has 1 aromatic rings. The summed E-state index contributed by atoms with van der Waals surface area (Å²) in [6, 6.07) is 3.62. The van der Waals surface area contributed by atoms with Crippen LogP contribution in [0.4, 0.5) is 0 Å². The van der Waals surface area contributed by atoms with Crippen molar-refractivity contribution in [2.45, 2.75) is 64.6 Å². The molecule has 0 saturated carbocycles. The summed E-state index contributed by atoms with van der Waals surface area (Å²) in [5.41, 5.74) is 0. The average Bonchev–Trinajstić information content (AvgIpc) is 3.25. The number of carbonyl (C=O) groups excluding carboxylic acids is 3. The van der Waals surface area contributed by atoms with Crippen molar-refractivity contribution in [1.82, 2.24) is 9.80 Å². The van der Waals surface area contributed by atoms with Gasteiger partial charge in [0.1, 0.15) is 5.78 Å². The highest BCUT2D eigenvalue weighted by Gasteiger charge is 2.28. The summed E-state index contributed by atoms with van der Waals surface area (Å²) >= 11 is 1.40. The maximum atomic E-state index is 12.5. The van der Waals surface area contributed by atoms with Gasteiger partial charge < -0.3 is 9.64 Å². The molecule has 2 unspecified atom stereocenters. The maximum absolute atomic E-state index is 12.5. The lowest BCUT2D eigenvalue weighted by Gasteiger charge is -2.39. The number of thiophene rings is 1. The Labute approximate surface area is 183 Å². The van der Waals surface area contributed by atoms with Gasteiger partial charge in [-0.3, -0.25) is 19.3 Å². The molecule has 1 amide bonds. The molecular formula is C23H34N2O4S. The van der Waals surface area contributed by atoms with Crippen LogP contribution < -0.4 is 0 Å². The first-order valence-electron chi connectivity index (χ1n) is 11.1. The minimum Gasteiger partial charge on any atom is -0.373 e. The number of nitrogens with zero attached hydrogens (tertiary/aromatic N) is 2. The summed E-state index contributed by atoms with van der Waals surface area (Å²) < 4.78 is 5.81. The largest absolute Gasteiger partial charge is 0.373 e. The van der Waals surface area contributed by atoms with E-state index in [-0.39, 0.29) is 55.4 Å². The van der Waals surface area contributed by atoms with E-state index < -0.39 is 0 Å². The molecule has 0 radical (unpaired) electrons. The number of morpholine rings is 1. The number of hydrogen-bond donors (Lipinski definition) is 0. The van der Waals surface area contributed by atoms with Gasteiger partial charge in [0.2, 0.25) is 5.91 Å². The van der Waals surface area contributed by atoms with Crippen molar-refractivity contribution in [3.8, 4) is 0 Å². The summed E-state index contributed by atoms with van der Waals surface area (Å²) in [5.74, 6) is 0.700. The number of hydrogen-bond acceptors (Lipinski definition) is 6. The Balaban J connectivity index is 1.31. The maximum Gasteiger partial charge on any atom is 0.223 e. The van der Waals surface area contributed by atoms with Crippen molar-refractivity contribution in [2.24, 2.45) is 5.92 Å². The number of carbonyl (C=O) groups is 3. The fraction of sp³-hybridized carbons (Fsp3) is 0.696. The van der Waals surface area contributed by atoms with Gasteiger partial charge in [-0.15, -0.1) is 11.3 Å². The smallest absolute Gasteiger partial charge is 0.223 e. The fourth-order valence-electron chi connectivity index (χ4n) is 4.51. The van der Waals surface area contributed by atoms with E-state index in [1.807, 2.05) is 16.3 Å². The van der Waals surface area contributed by atoms with E-state index in [1.54, 1.807) is 6.07 Å². The number of amides is 1. The number of ketones is 2. The molecular weight excluding hydrogens is 400 g/mol. The Hall–Kier alpha value is -1.57. The molecule has 2 atom stereocenters. The highest BCUT2D eigenvalue weighted by Crippen LogP contribution is 2.22. The molecule has 3 heterocycles. The van der Waals surface area contributed by atoms with E-state index in [0.29, 0.717) is 10.8 Å². The topological polar surface area (TPSA) is 66.9 Å². The second-order valence-corrected chi connectivity index (χ2v) is 9.69. The number of rotatable bonds is 9. The SMILES string of the molecule is CC1CN(CC2CCN(C(=O)CCC(=O)CCC(=O)c3cccs3)CC2)CC(C)O1. The third kappa shape index (κ3) is 7.00. The number of ether oxygens (including phenoxy) is 1. The standard InChI is InChI=1S/C23H34N2O4S/c1-17-14-24(15-18(2)29-17)16-19-9-11-25(12-10-19)23(28)8-6-20(26)5-7-21(27)22-4-3-13-30-22/h3-4,13,17-19H,5-12,14-16H2,1-2H3. The zero-order chi connectivity index (χ0) is 21.5. The first-order valence-corrected chi connectivity index (χ1v) is 12.0. The van der Waals surface area contributed by atoms with E-state index in [1.165, 1.54) is 11.3 Å². The van der Waals surface area contributed by atoms with Crippen LogP contribution in [0.5, 0.6) is 0 Å². The first-order chi connectivity index (χ1) is 14.4. The minimum absolute atomic E-state index is 0.00120. The van der Waals surface area contributed by atoms with Crippen molar-refractivity contribution in [1.29, 1.82) is 0 Å². The molecule has 1 aromatic heterocycles. The minimum atomic E-state index is -0.00120. The molecule has 0 bridgehead atoms. The fourth-order valence-corrected chi connectivity index (χ4v) is 5.20. The molecule has 6 nitrogen and oxygen atoms in total. The Morgan fingerprint density at radius 1 is 1.03 bits per heavy atom. The normalized spacial score (nSPS) is 23.5. The average molecular weight is 435 g/mol. The molecule has 2 aliphatic heterocycles. The summed E-state index contributed by atoms with van der Waals surface area (Å²) in [5, 5.41) is 1.86. The third-order valence-electron chi connectivity index (χ3n) is 6.02. The Kier molecular flexibility index (Phi) is 8.60. The second kappa shape index (κ2) is 11.2. The molecule has 2 aliphatic rings. The summed E-state index contributed by atoms with van der Waals surface area (Å²) in [4.78, 5) is 41.7. The highest BCUT2D eigenvalue weighted by atomic mass is 32.1. The quantitative estimate of drug-likeness (QED) is 0.557.